The molecule has 0 saturated carbocycles. The maximum Gasteiger partial charge on any atom is 0.245 e. The van der Waals surface area contributed by atoms with Crippen LogP contribution in [-0.4, -0.2) is 10.5 Å². The average molecular weight is 156 g/mol. The molecular weight excluding hydrogens is 148 g/mol. The Labute approximate surface area is 62.7 Å². The van der Waals surface area contributed by atoms with Gasteiger partial charge in [0.05, 0.1) is 0 Å². The highest BCUT2D eigenvalue weighted by Crippen LogP contribution is 1.85. The molecule has 0 aliphatic carbocycles. The maximum atomic E-state index is 10.5. The fraction of sp³-hybridized carbons (Fsp3) is 0.333. The summed E-state index contributed by atoms with van der Waals surface area (Å²) in [6.07, 6.45) is 1.87. The molecule has 0 saturated heterocycles. The molecule has 4 heteroatoms. The van der Waals surface area contributed by atoms with Gasteiger partial charge in [0, 0.05) is 25.5 Å². The lowest BCUT2D eigenvalue weighted by Gasteiger charge is -1.85. The first-order valence-corrected chi connectivity index (χ1v) is 3.73. The van der Waals surface area contributed by atoms with Crippen molar-refractivity contribution in [3.63, 3.8) is 0 Å². The smallest absolute Gasteiger partial charge is 0.245 e. The number of nitrogens with zero attached hydrogens (tertiary/aromatic N) is 2. The number of aromatic nitrogens is 1. The second-order valence-electron chi connectivity index (χ2n) is 1.93. The van der Waals surface area contributed by atoms with Gasteiger partial charge in [-0.2, -0.15) is 4.99 Å². The second-order valence-corrected chi connectivity index (χ2v) is 2.80. The van der Waals surface area contributed by atoms with Crippen molar-refractivity contribution in [2.24, 2.45) is 12.0 Å². The minimum Gasteiger partial charge on any atom is -0.327 e. The lowest BCUT2D eigenvalue weighted by molar-refractivity contribution is -0.116. The lowest BCUT2D eigenvalue weighted by atomic mass is 10.7. The highest BCUT2D eigenvalue weighted by molar-refractivity contribution is 7.07. The van der Waals surface area contributed by atoms with E-state index in [2.05, 4.69) is 4.99 Å². The molecule has 10 heavy (non-hydrogen) atoms. The van der Waals surface area contributed by atoms with Crippen LogP contribution in [0.4, 0.5) is 0 Å². The van der Waals surface area contributed by atoms with Gasteiger partial charge in [0.2, 0.25) is 5.91 Å². The van der Waals surface area contributed by atoms with Crippen LogP contribution in [0.5, 0.6) is 0 Å². The van der Waals surface area contributed by atoms with E-state index in [9.17, 15) is 4.79 Å². The van der Waals surface area contributed by atoms with E-state index < -0.39 is 0 Å². The van der Waals surface area contributed by atoms with Gasteiger partial charge in [-0.15, -0.1) is 11.3 Å². The maximum absolute atomic E-state index is 10.5. The third kappa shape index (κ3) is 1.54. The summed E-state index contributed by atoms with van der Waals surface area (Å²) < 4.78 is 1.81. The zero-order valence-corrected chi connectivity index (χ0v) is 6.68. The van der Waals surface area contributed by atoms with Gasteiger partial charge in [-0.3, -0.25) is 4.79 Å². The van der Waals surface area contributed by atoms with E-state index in [1.54, 1.807) is 0 Å². The summed E-state index contributed by atoms with van der Waals surface area (Å²) in [6, 6.07) is 0. The fourth-order valence-corrected chi connectivity index (χ4v) is 1.34. The molecule has 0 radical (unpaired) electrons. The van der Waals surface area contributed by atoms with Crippen molar-refractivity contribution in [2.45, 2.75) is 6.92 Å². The van der Waals surface area contributed by atoms with Crippen LogP contribution < -0.4 is 4.80 Å². The molecule has 1 amide bonds. The summed E-state index contributed by atoms with van der Waals surface area (Å²) in [5.41, 5.74) is 0. The molecule has 0 aliphatic rings. The van der Waals surface area contributed by atoms with Gasteiger partial charge in [-0.1, -0.05) is 0 Å². The van der Waals surface area contributed by atoms with Crippen LogP contribution in [0.1, 0.15) is 6.92 Å². The molecule has 1 aromatic rings. The summed E-state index contributed by atoms with van der Waals surface area (Å²) in [5, 5.41) is 1.89. The SMILES string of the molecule is CC(=O)N=c1sccn1C. The normalized spacial score (nSPS) is 12.0. The van der Waals surface area contributed by atoms with Gasteiger partial charge in [-0.05, 0) is 0 Å². The summed E-state index contributed by atoms with van der Waals surface area (Å²) in [4.78, 5) is 15.0. The van der Waals surface area contributed by atoms with Crippen LogP contribution in [0.2, 0.25) is 0 Å². The van der Waals surface area contributed by atoms with Crippen molar-refractivity contribution in [1.82, 2.24) is 4.57 Å². The van der Waals surface area contributed by atoms with Gasteiger partial charge in [0.25, 0.3) is 0 Å². The molecule has 0 atom stereocenters. The second kappa shape index (κ2) is 2.79. The molecule has 0 N–H and O–H groups in total. The Morgan fingerprint density at radius 1 is 1.80 bits per heavy atom. The van der Waals surface area contributed by atoms with Crippen molar-refractivity contribution in [2.75, 3.05) is 0 Å². The van der Waals surface area contributed by atoms with E-state index >= 15 is 0 Å². The van der Waals surface area contributed by atoms with E-state index in [0.717, 1.165) is 4.80 Å². The Morgan fingerprint density at radius 2 is 2.50 bits per heavy atom. The van der Waals surface area contributed by atoms with E-state index in [1.165, 1.54) is 18.3 Å². The Bertz CT molecular complexity index is 297. The molecule has 0 aromatic carbocycles. The quantitative estimate of drug-likeness (QED) is 0.539. The van der Waals surface area contributed by atoms with Crippen molar-refractivity contribution in [3.8, 4) is 0 Å². The van der Waals surface area contributed by atoms with Crippen LogP contribution in [0.25, 0.3) is 0 Å². The lowest BCUT2D eigenvalue weighted by Crippen LogP contribution is -2.10. The third-order valence-electron chi connectivity index (χ3n) is 1.01. The molecule has 0 bridgehead atoms. The van der Waals surface area contributed by atoms with Gasteiger partial charge in [0.15, 0.2) is 4.80 Å². The number of carbonyl (C=O) groups is 1. The van der Waals surface area contributed by atoms with Crippen LogP contribution >= 0.6 is 11.3 Å². The van der Waals surface area contributed by atoms with Gasteiger partial charge < -0.3 is 4.57 Å². The molecule has 3 nitrogen and oxygen atoms in total. The number of aryl methyl sites for hydroxylation is 1. The summed E-state index contributed by atoms with van der Waals surface area (Å²) in [7, 11) is 1.86. The Morgan fingerprint density at radius 3 is 2.90 bits per heavy atom. The Balaban J connectivity index is 3.15. The molecule has 54 valence electrons. The minimum absolute atomic E-state index is 0.155. The number of rotatable bonds is 0. The molecule has 1 rings (SSSR count). The van der Waals surface area contributed by atoms with Gasteiger partial charge in [0.1, 0.15) is 0 Å². The average Bonchev–Trinajstić information content (AvgIpc) is 2.15. The monoisotopic (exact) mass is 156 g/mol. The first-order valence-electron chi connectivity index (χ1n) is 2.85. The zero-order valence-electron chi connectivity index (χ0n) is 5.87. The molecule has 0 aliphatic heterocycles. The summed E-state index contributed by atoms with van der Waals surface area (Å²) >= 11 is 1.45. The van der Waals surface area contributed by atoms with Crippen molar-refractivity contribution in [1.29, 1.82) is 0 Å². The third-order valence-corrected chi connectivity index (χ3v) is 1.86. The highest BCUT2D eigenvalue weighted by atomic mass is 32.1. The first kappa shape index (κ1) is 7.21. The number of amides is 1. The van der Waals surface area contributed by atoms with Crippen LogP contribution in [0, 0.1) is 0 Å². The molecule has 0 spiro atoms. The first-order chi connectivity index (χ1) is 4.70. The molecular formula is C6H8N2OS. The fourth-order valence-electron chi connectivity index (χ4n) is 0.569. The number of thiazole rings is 1. The van der Waals surface area contributed by atoms with Crippen LogP contribution in [0.15, 0.2) is 16.6 Å². The summed E-state index contributed by atoms with van der Waals surface area (Å²) in [5.74, 6) is -0.155. The molecule has 1 heterocycles. The van der Waals surface area contributed by atoms with E-state index in [1.807, 2.05) is 23.2 Å². The molecule has 0 fully saturated rings. The van der Waals surface area contributed by atoms with E-state index in [-0.39, 0.29) is 5.91 Å². The van der Waals surface area contributed by atoms with Crippen molar-refractivity contribution >= 4 is 17.2 Å². The summed E-state index contributed by atoms with van der Waals surface area (Å²) in [6.45, 7) is 1.44. The van der Waals surface area contributed by atoms with Crippen LogP contribution in [-0.2, 0) is 11.8 Å². The topological polar surface area (TPSA) is 34.4 Å². The van der Waals surface area contributed by atoms with Crippen molar-refractivity contribution < 1.29 is 4.79 Å². The van der Waals surface area contributed by atoms with E-state index in [0.29, 0.717) is 0 Å². The number of carbonyl (C=O) groups excluding carboxylic acids is 1. The minimum atomic E-state index is -0.155. The molecule has 1 aromatic heterocycles. The zero-order chi connectivity index (χ0) is 7.56. The van der Waals surface area contributed by atoms with Gasteiger partial charge in [-0.25, -0.2) is 0 Å². The Hall–Kier alpha value is -0.900. The number of hydrogen-bond acceptors (Lipinski definition) is 2. The predicted molar refractivity (Wildman–Crippen MR) is 39.5 cm³/mol. The highest BCUT2D eigenvalue weighted by Gasteiger charge is 1.88. The van der Waals surface area contributed by atoms with E-state index in [4.69, 9.17) is 0 Å². The van der Waals surface area contributed by atoms with Gasteiger partial charge >= 0.3 is 0 Å². The van der Waals surface area contributed by atoms with Crippen LogP contribution in [0.3, 0.4) is 0 Å². The predicted octanol–water partition coefficient (Wildman–Crippen LogP) is 0.534. The standard InChI is InChI=1S/C6H8N2OS/c1-5(9)7-6-8(2)3-4-10-6/h3-4H,1-2H3. The van der Waals surface area contributed by atoms with Crippen molar-refractivity contribution in [3.05, 3.63) is 16.4 Å². The largest absolute Gasteiger partial charge is 0.327 e. The molecule has 0 unspecified atom stereocenters. The Kier molecular flexibility index (Phi) is 2.01. The number of hydrogen-bond donors (Lipinski definition) is 0.